The maximum Gasteiger partial charge on any atom is 0.362 e. The minimum absolute atomic E-state index is 0.308. The molecule has 0 amide bonds. The van der Waals surface area contributed by atoms with E-state index in [1.807, 2.05) is 6.92 Å². The van der Waals surface area contributed by atoms with Crippen LogP contribution in [0.2, 0.25) is 0 Å². The van der Waals surface area contributed by atoms with Crippen molar-refractivity contribution in [3.8, 4) is 0 Å². The minimum atomic E-state index is -0.741. The topological polar surface area (TPSA) is 66.3 Å². The first-order valence-corrected chi connectivity index (χ1v) is 3.29. The SMILES string of the molecule is CC1=NCCC(C(=O)O)[NH2+]1. The van der Waals surface area contributed by atoms with E-state index in [0.717, 1.165) is 5.84 Å². The highest BCUT2D eigenvalue weighted by Crippen LogP contribution is 1.91. The van der Waals surface area contributed by atoms with Crippen molar-refractivity contribution >= 4 is 11.8 Å². The van der Waals surface area contributed by atoms with Gasteiger partial charge in [-0.2, -0.15) is 0 Å². The monoisotopic (exact) mass is 143 g/mol. The fraction of sp³-hybridized carbons (Fsp3) is 0.667. The van der Waals surface area contributed by atoms with Gasteiger partial charge in [-0.15, -0.1) is 0 Å². The Morgan fingerprint density at radius 3 is 3.00 bits per heavy atom. The molecule has 0 radical (unpaired) electrons. The Kier molecular flexibility index (Phi) is 2.01. The van der Waals surface area contributed by atoms with Gasteiger partial charge in [-0.05, 0) is 0 Å². The summed E-state index contributed by atoms with van der Waals surface area (Å²) < 4.78 is 0. The van der Waals surface area contributed by atoms with Crippen molar-refractivity contribution in [1.82, 2.24) is 0 Å². The number of aliphatic imine (C=N–C) groups is 1. The van der Waals surface area contributed by atoms with E-state index in [2.05, 4.69) is 4.99 Å². The van der Waals surface area contributed by atoms with E-state index in [1.165, 1.54) is 0 Å². The summed E-state index contributed by atoms with van der Waals surface area (Å²) in [5.41, 5.74) is 0. The molecule has 1 unspecified atom stereocenters. The summed E-state index contributed by atoms with van der Waals surface area (Å²) in [6, 6.07) is -0.308. The number of carboxylic acids is 1. The molecule has 1 heterocycles. The van der Waals surface area contributed by atoms with Crippen LogP contribution in [-0.2, 0) is 4.79 Å². The Morgan fingerprint density at radius 2 is 2.60 bits per heavy atom. The largest absolute Gasteiger partial charge is 0.477 e. The van der Waals surface area contributed by atoms with Crippen molar-refractivity contribution in [2.24, 2.45) is 4.99 Å². The van der Waals surface area contributed by atoms with Crippen molar-refractivity contribution in [2.75, 3.05) is 6.54 Å². The zero-order valence-electron chi connectivity index (χ0n) is 5.87. The number of carboxylic acid groups (broad SMARTS) is 1. The highest BCUT2D eigenvalue weighted by atomic mass is 16.4. The summed E-state index contributed by atoms with van der Waals surface area (Å²) in [5.74, 6) is 0.105. The summed E-state index contributed by atoms with van der Waals surface area (Å²) in [6.07, 6.45) is 0.646. The first-order valence-electron chi connectivity index (χ1n) is 3.29. The number of hydrogen-bond acceptors (Lipinski definition) is 2. The predicted molar refractivity (Wildman–Crippen MR) is 35.9 cm³/mol. The lowest BCUT2D eigenvalue weighted by molar-refractivity contribution is -0.573. The quantitative estimate of drug-likeness (QED) is 0.485. The number of hydrogen-bond donors (Lipinski definition) is 2. The Balaban J connectivity index is 2.53. The second-order valence-corrected chi connectivity index (χ2v) is 2.42. The molecule has 0 bridgehead atoms. The molecule has 1 atom stereocenters. The molecular formula is C6H11N2O2+. The third-order valence-corrected chi connectivity index (χ3v) is 1.56. The van der Waals surface area contributed by atoms with Gasteiger partial charge in [0.15, 0.2) is 11.9 Å². The van der Waals surface area contributed by atoms with E-state index in [4.69, 9.17) is 5.11 Å². The van der Waals surface area contributed by atoms with Crippen molar-refractivity contribution in [2.45, 2.75) is 19.4 Å². The van der Waals surface area contributed by atoms with Crippen molar-refractivity contribution in [3.05, 3.63) is 0 Å². The van der Waals surface area contributed by atoms with Gasteiger partial charge in [-0.1, -0.05) is 0 Å². The molecule has 1 rings (SSSR count). The van der Waals surface area contributed by atoms with E-state index in [1.54, 1.807) is 5.32 Å². The highest BCUT2D eigenvalue weighted by Gasteiger charge is 2.24. The van der Waals surface area contributed by atoms with Crippen LogP contribution in [0.4, 0.5) is 0 Å². The molecule has 1 aliphatic rings. The average molecular weight is 143 g/mol. The first kappa shape index (κ1) is 7.21. The summed E-state index contributed by atoms with van der Waals surface area (Å²) in [4.78, 5) is 14.5. The first-order chi connectivity index (χ1) is 4.70. The Morgan fingerprint density at radius 1 is 1.90 bits per heavy atom. The van der Waals surface area contributed by atoms with Crippen LogP contribution in [0, 0.1) is 0 Å². The molecule has 10 heavy (non-hydrogen) atoms. The number of nitrogens with two attached hydrogens (primary N) is 1. The van der Waals surface area contributed by atoms with Crippen LogP contribution in [0.15, 0.2) is 4.99 Å². The summed E-state index contributed by atoms with van der Waals surface area (Å²) in [7, 11) is 0. The van der Waals surface area contributed by atoms with Gasteiger partial charge in [-0.25, -0.2) is 9.79 Å². The number of nitrogens with zero attached hydrogens (tertiary/aromatic N) is 1. The number of carbonyl (C=O) groups is 1. The van der Waals surface area contributed by atoms with Crippen LogP contribution in [-0.4, -0.2) is 29.5 Å². The molecule has 3 N–H and O–H groups in total. The standard InChI is InChI=1S/C6H10N2O2/c1-4-7-3-2-5(8-4)6(9)10/h5H,2-3H2,1H3,(H,7,8)(H,9,10)/p+1. The Hall–Kier alpha value is -0.900. The van der Waals surface area contributed by atoms with Crippen LogP contribution >= 0.6 is 0 Å². The van der Waals surface area contributed by atoms with Crippen LogP contribution in [0.1, 0.15) is 13.3 Å². The molecule has 4 heteroatoms. The molecule has 4 nitrogen and oxygen atoms in total. The Labute approximate surface area is 59.0 Å². The average Bonchev–Trinajstić information content (AvgIpc) is 1.88. The van der Waals surface area contributed by atoms with Gasteiger partial charge in [0.1, 0.15) is 0 Å². The van der Waals surface area contributed by atoms with Crippen LogP contribution in [0.25, 0.3) is 0 Å². The number of amidine groups is 1. The molecule has 0 aromatic carbocycles. The third-order valence-electron chi connectivity index (χ3n) is 1.56. The molecule has 1 aliphatic heterocycles. The number of aliphatic carboxylic acids is 1. The van der Waals surface area contributed by atoms with Gasteiger partial charge in [0.2, 0.25) is 0 Å². The second kappa shape index (κ2) is 2.79. The van der Waals surface area contributed by atoms with E-state index >= 15 is 0 Å². The maximum absolute atomic E-state index is 10.4. The zero-order valence-corrected chi connectivity index (χ0v) is 5.87. The highest BCUT2D eigenvalue weighted by molar-refractivity contribution is 5.77. The lowest BCUT2D eigenvalue weighted by atomic mass is 10.2. The van der Waals surface area contributed by atoms with E-state index in [9.17, 15) is 4.79 Å². The molecule has 0 aromatic heterocycles. The summed E-state index contributed by atoms with van der Waals surface area (Å²) in [5, 5.41) is 10.3. The van der Waals surface area contributed by atoms with Gasteiger partial charge in [-0.3, -0.25) is 5.32 Å². The molecule has 0 saturated carbocycles. The molecule has 0 fully saturated rings. The van der Waals surface area contributed by atoms with Crippen molar-refractivity contribution < 1.29 is 15.2 Å². The number of quaternary nitrogens is 1. The van der Waals surface area contributed by atoms with Crippen LogP contribution in [0.3, 0.4) is 0 Å². The normalized spacial score (nSPS) is 25.7. The second-order valence-electron chi connectivity index (χ2n) is 2.42. The van der Waals surface area contributed by atoms with E-state index in [0.29, 0.717) is 13.0 Å². The van der Waals surface area contributed by atoms with Gasteiger partial charge in [0.25, 0.3) is 0 Å². The third kappa shape index (κ3) is 1.54. The van der Waals surface area contributed by atoms with Gasteiger partial charge in [0.05, 0.1) is 6.54 Å². The summed E-state index contributed by atoms with van der Waals surface area (Å²) >= 11 is 0. The molecule has 0 spiro atoms. The smallest absolute Gasteiger partial charge is 0.362 e. The molecule has 0 saturated heterocycles. The van der Waals surface area contributed by atoms with Crippen molar-refractivity contribution in [3.63, 3.8) is 0 Å². The Bertz CT molecular complexity index is 177. The van der Waals surface area contributed by atoms with Crippen LogP contribution < -0.4 is 5.32 Å². The van der Waals surface area contributed by atoms with Gasteiger partial charge < -0.3 is 5.11 Å². The fourth-order valence-corrected chi connectivity index (χ4v) is 1.00. The zero-order chi connectivity index (χ0) is 7.56. The maximum atomic E-state index is 10.4. The molecular weight excluding hydrogens is 132 g/mol. The van der Waals surface area contributed by atoms with Crippen LogP contribution in [0.5, 0.6) is 0 Å². The minimum Gasteiger partial charge on any atom is -0.477 e. The summed E-state index contributed by atoms with van der Waals surface area (Å²) in [6.45, 7) is 2.48. The van der Waals surface area contributed by atoms with E-state index in [-0.39, 0.29) is 6.04 Å². The van der Waals surface area contributed by atoms with Gasteiger partial charge in [0, 0.05) is 13.3 Å². The van der Waals surface area contributed by atoms with Gasteiger partial charge >= 0.3 is 5.97 Å². The lowest BCUT2D eigenvalue weighted by Gasteiger charge is -2.13. The fourth-order valence-electron chi connectivity index (χ4n) is 1.00. The van der Waals surface area contributed by atoms with Crippen molar-refractivity contribution in [1.29, 1.82) is 0 Å². The van der Waals surface area contributed by atoms with E-state index < -0.39 is 5.97 Å². The predicted octanol–water partition coefficient (Wildman–Crippen LogP) is -1.17. The number of rotatable bonds is 1. The molecule has 0 aliphatic carbocycles. The molecule has 56 valence electrons. The lowest BCUT2D eigenvalue weighted by Crippen LogP contribution is -2.95. The molecule has 0 aromatic rings.